The van der Waals surface area contributed by atoms with Crippen LogP contribution in [0.25, 0.3) is 0 Å². The molecule has 2 N–H and O–H groups in total. The fraction of sp³-hybridized carbons (Fsp3) is 0.417. The number of hydrogen-bond donors (Lipinski definition) is 2. The van der Waals surface area contributed by atoms with E-state index in [-0.39, 0.29) is 0 Å². The largest absolute Gasteiger partial charge is 0.385 e. The van der Waals surface area contributed by atoms with E-state index < -0.39 is 0 Å². The van der Waals surface area contributed by atoms with Gasteiger partial charge in [0, 0.05) is 18.8 Å². The molecular weight excluding hydrogens is 188 g/mol. The van der Waals surface area contributed by atoms with Crippen LogP contribution >= 0.6 is 0 Å². The van der Waals surface area contributed by atoms with Crippen LogP contribution in [0.4, 0.5) is 5.69 Å². The molecule has 0 bridgehead atoms. The topological polar surface area (TPSA) is 41.1 Å². The summed E-state index contributed by atoms with van der Waals surface area (Å²) in [7, 11) is 0. The summed E-state index contributed by atoms with van der Waals surface area (Å²) in [6, 6.07) is 8.42. The predicted molar refractivity (Wildman–Crippen MR) is 60.8 cm³/mol. The number of anilines is 1. The van der Waals surface area contributed by atoms with Gasteiger partial charge in [0.05, 0.1) is 0 Å². The number of carbonyl (C=O) groups is 1. The fourth-order valence-electron chi connectivity index (χ4n) is 2.06. The Hall–Kier alpha value is -1.51. The second-order valence-corrected chi connectivity index (χ2v) is 3.97. The third-order valence-electron chi connectivity index (χ3n) is 2.89. The van der Waals surface area contributed by atoms with Crippen molar-refractivity contribution < 1.29 is 4.79 Å². The van der Waals surface area contributed by atoms with Crippen LogP contribution in [0.15, 0.2) is 24.3 Å². The van der Waals surface area contributed by atoms with Gasteiger partial charge in [-0.2, -0.15) is 0 Å². The molecule has 1 amide bonds. The third-order valence-corrected chi connectivity index (χ3v) is 2.89. The van der Waals surface area contributed by atoms with Crippen molar-refractivity contribution in [3.63, 3.8) is 0 Å². The summed E-state index contributed by atoms with van der Waals surface area (Å²) in [5.41, 5.74) is 2.65. The van der Waals surface area contributed by atoms with Crippen LogP contribution in [-0.2, 0) is 11.2 Å². The van der Waals surface area contributed by atoms with E-state index in [4.69, 9.17) is 0 Å². The molecule has 1 atom stereocenters. The van der Waals surface area contributed by atoms with Crippen LogP contribution in [-0.4, -0.2) is 19.5 Å². The van der Waals surface area contributed by atoms with Crippen molar-refractivity contribution in [3.8, 4) is 0 Å². The van der Waals surface area contributed by atoms with Crippen LogP contribution in [0.2, 0.25) is 0 Å². The van der Waals surface area contributed by atoms with E-state index in [0.717, 1.165) is 32.3 Å². The van der Waals surface area contributed by atoms with Crippen molar-refractivity contribution in [3.05, 3.63) is 29.8 Å². The Kier molecular flexibility index (Phi) is 3.22. The van der Waals surface area contributed by atoms with Crippen LogP contribution in [0, 0.1) is 5.92 Å². The maximum atomic E-state index is 10.1. The number of carbonyl (C=O) groups excluding carboxylic acids is 1. The lowest BCUT2D eigenvalue weighted by Gasteiger charge is -2.25. The molecule has 0 fully saturated rings. The maximum Gasteiger partial charge on any atom is 0.207 e. The van der Waals surface area contributed by atoms with Gasteiger partial charge in [0.15, 0.2) is 0 Å². The minimum atomic E-state index is 0.632. The van der Waals surface area contributed by atoms with Gasteiger partial charge in [-0.05, 0) is 30.4 Å². The first-order valence-corrected chi connectivity index (χ1v) is 5.39. The average molecular weight is 204 g/mol. The summed E-state index contributed by atoms with van der Waals surface area (Å²) in [6.45, 7) is 1.79. The fourth-order valence-corrected chi connectivity index (χ4v) is 2.06. The predicted octanol–water partition coefficient (Wildman–Crippen LogP) is 1.41. The first kappa shape index (κ1) is 10.0. The number of rotatable bonds is 4. The van der Waals surface area contributed by atoms with E-state index >= 15 is 0 Å². The zero-order chi connectivity index (χ0) is 10.5. The molecule has 3 heteroatoms. The zero-order valence-electron chi connectivity index (χ0n) is 8.70. The number of para-hydroxylation sites is 1. The molecule has 0 spiro atoms. The van der Waals surface area contributed by atoms with Crippen molar-refractivity contribution in [1.82, 2.24) is 5.32 Å². The highest BCUT2D eigenvalue weighted by molar-refractivity contribution is 5.53. The third kappa shape index (κ3) is 2.49. The highest BCUT2D eigenvalue weighted by Gasteiger charge is 2.16. The number of nitrogens with one attached hydrogen (secondary N) is 2. The van der Waals surface area contributed by atoms with Crippen molar-refractivity contribution in [2.45, 2.75) is 12.8 Å². The summed E-state index contributed by atoms with van der Waals surface area (Å²) >= 11 is 0. The van der Waals surface area contributed by atoms with Crippen molar-refractivity contribution >= 4 is 12.1 Å². The van der Waals surface area contributed by atoms with Gasteiger partial charge in [0.1, 0.15) is 0 Å². The Morgan fingerprint density at radius 3 is 3.20 bits per heavy atom. The Bertz CT molecular complexity index is 338. The lowest BCUT2D eigenvalue weighted by Crippen LogP contribution is -2.26. The molecule has 0 aromatic heterocycles. The summed E-state index contributed by atoms with van der Waals surface area (Å²) < 4.78 is 0. The lowest BCUT2D eigenvalue weighted by molar-refractivity contribution is -0.109. The molecule has 1 aliphatic rings. The Morgan fingerprint density at radius 1 is 1.47 bits per heavy atom. The Morgan fingerprint density at radius 2 is 2.33 bits per heavy atom. The van der Waals surface area contributed by atoms with Gasteiger partial charge < -0.3 is 10.6 Å². The van der Waals surface area contributed by atoms with Crippen molar-refractivity contribution in [1.29, 1.82) is 0 Å². The number of amides is 1. The van der Waals surface area contributed by atoms with Gasteiger partial charge in [0.2, 0.25) is 6.41 Å². The van der Waals surface area contributed by atoms with Gasteiger partial charge in [0.25, 0.3) is 0 Å². The quantitative estimate of drug-likeness (QED) is 0.575. The highest BCUT2D eigenvalue weighted by atomic mass is 16.1. The summed E-state index contributed by atoms with van der Waals surface area (Å²) in [5, 5.41) is 6.13. The van der Waals surface area contributed by atoms with Crippen molar-refractivity contribution in [2.24, 2.45) is 5.92 Å². The molecule has 0 aliphatic carbocycles. The normalized spacial score (nSPS) is 18.8. The summed E-state index contributed by atoms with van der Waals surface area (Å²) in [4.78, 5) is 10.1. The molecule has 0 saturated heterocycles. The molecule has 15 heavy (non-hydrogen) atoms. The summed E-state index contributed by atoms with van der Waals surface area (Å²) in [5.74, 6) is 0.632. The smallest absolute Gasteiger partial charge is 0.207 e. The minimum absolute atomic E-state index is 0.632. The second-order valence-electron chi connectivity index (χ2n) is 3.97. The Labute approximate surface area is 89.9 Å². The molecule has 1 heterocycles. The van der Waals surface area contributed by atoms with Crippen molar-refractivity contribution in [2.75, 3.05) is 18.4 Å². The lowest BCUT2D eigenvalue weighted by atomic mass is 9.91. The Balaban J connectivity index is 1.91. The number of benzene rings is 1. The molecule has 3 nitrogen and oxygen atoms in total. The molecule has 1 aromatic carbocycles. The molecule has 1 aliphatic heterocycles. The van der Waals surface area contributed by atoms with Gasteiger partial charge in [-0.15, -0.1) is 0 Å². The minimum Gasteiger partial charge on any atom is -0.385 e. The van der Waals surface area contributed by atoms with Gasteiger partial charge in [-0.25, -0.2) is 0 Å². The van der Waals surface area contributed by atoms with Crippen LogP contribution in [0.5, 0.6) is 0 Å². The molecular formula is C12H16N2O. The van der Waals surface area contributed by atoms with E-state index in [1.165, 1.54) is 11.3 Å². The molecule has 0 unspecified atom stereocenters. The number of fused-ring (bicyclic) bond motifs is 1. The SMILES string of the molecule is O=CNCC[C@@H]1CNc2ccccc2C1. The van der Waals surface area contributed by atoms with Crippen LogP contribution < -0.4 is 10.6 Å². The monoisotopic (exact) mass is 204 g/mol. The van der Waals surface area contributed by atoms with E-state index in [1.54, 1.807) is 0 Å². The van der Waals surface area contributed by atoms with Gasteiger partial charge >= 0.3 is 0 Å². The average Bonchev–Trinajstić information content (AvgIpc) is 2.29. The standard InChI is InChI=1S/C12H16N2O/c15-9-13-6-5-10-7-11-3-1-2-4-12(11)14-8-10/h1-4,9-10,14H,5-8H2,(H,13,15)/t10-/m0/s1. The second kappa shape index (κ2) is 4.82. The first-order valence-electron chi connectivity index (χ1n) is 5.39. The molecule has 2 rings (SSSR count). The molecule has 0 radical (unpaired) electrons. The van der Waals surface area contributed by atoms with Gasteiger partial charge in [-0.3, -0.25) is 4.79 Å². The molecule has 0 saturated carbocycles. The zero-order valence-corrected chi connectivity index (χ0v) is 8.70. The highest BCUT2D eigenvalue weighted by Crippen LogP contribution is 2.25. The van der Waals surface area contributed by atoms with E-state index in [9.17, 15) is 4.79 Å². The first-order chi connectivity index (χ1) is 7.40. The van der Waals surface area contributed by atoms with Crippen LogP contribution in [0.3, 0.4) is 0 Å². The van der Waals surface area contributed by atoms with Crippen LogP contribution in [0.1, 0.15) is 12.0 Å². The maximum absolute atomic E-state index is 10.1. The van der Waals surface area contributed by atoms with E-state index in [1.807, 2.05) is 0 Å². The molecule has 1 aromatic rings. The van der Waals surface area contributed by atoms with Gasteiger partial charge in [-0.1, -0.05) is 18.2 Å². The van der Waals surface area contributed by atoms with E-state index in [2.05, 4.69) is 34.9 Å². The summed E-state index contributed by atoms with van der Waals surface area (Å²) in [6.07, 6.45) is 2.92. The number of hydrogen-bond acceptors (Lipinski definition) is 2. The molecule has 80 valence electrons. The van der Waals surface area contributed by atoms with E-state index in [0.29, 0.717) is 5.92 Å².